The molecule has 4 rings (SSSR count). The van der Waals surface area contributed by atoms with Crippen molar-refractivity contribution in [3.8, 4) is 0 Å². The van der Waals surface area contributed by atoms with E-state index in [9.17, 15) is 4.79 Å². The van der Waals surface area contributed by atoms with Gasteiger partial charge in [-0.1, -0.05) is 13.8 Å². The van der Waals surface area contributed by atoms with Gasteiger partial charge in [-0.3, -0.25) is 4.79 Å². The average Bonchev–Trinajstić information content (AvgIpc) is 2.80. The van der Waals surface area contributed by atoms with Gasteiger partial charge in [0.25, 0.3) is 0 Å². The predicted octanol–water partition coefficient (Wildman–Crippen LogP) is 3.98. The molecular formula is C18H28O2. The fraction of sp³-hybridized carbons (Fsp3) is 0.944. The monoisotopic (exact) mass is 276 g/mol. The Morgan fingerprint density at radius 3 is 2.80 bits per heavy atom. The molecule has 3 saturated carbocycles. The first kappa shape index (κ1) is 13.3. The van der Waals surface area contributed by atoms with Crippen LogP contribution in [0.4, 0.5) is 0 Å². The lowest BCUT2D eigenvalue weighted by Gasteiger charge is -2.58. The minimum Gasteiger partial charge on any atom is -0.377 e. The molecule has 4 aliphatic rings. The lowest BCUT2D eigenvalue weighted by molar-refractivity contribution is -0.154. The van der Waals surface area contributed by atoms with E-state index >= 15 is 0 Å². The molecule has 0 aromatic rings. The van der Waals surface area contributed by atoms with E-state index in [-0.39, 0.29) is 5.41 Å². The number of rotatable bonds is 0. The van der Waals surface area contributed by atoms with Crippen LogP contribution in [0.15, 0.2) is 0 Å². The molecule has 0 amide bonds. The molecule has 4 fully saturated rings. The van der Waals surface area contributed by atoms with Gasteiger partial charge >= 0.3 is 0 Å². The van der Waals surface area contributed by atoms with Gasteiger partial charge in [-0.05, 0) is 67.6 Å². The van der Waals surface area contributed by atoms with E-state index in [1.54, 1.807) is 0 Å². The molecule has 1 heterocycles. The lowest BCUT2D eigenvalue weighted by atomic mass is 9.46. The predicted molar refractivity (Wildman–Crippen MR) is 78.4 cm³/mol. The van der Waals surface area contributed by atoms with E-state index < -0.39 is 0 Å². The maximum Gasteiger partial charge on any atom is 0.136 e. The summed E-state index contributed by atoms with van der Waals surface area (Å²) in [6, 6.07) is 0. The highest BCUT2D eigenvalue weighted by atomic mass is 16.5. The molecule has 2 nitrogen and oxygen atoms in total. The fourth-order valence-electron chi connectivity index (χ4n) is 6.41. The Hall–Kier alpha value is -0.370. The standard InChI is InChI=1S/C18H28O2/c1-17-9-7-13-12(16(17)20-11-10-17)5-6-14-15(19)4-3-8-18(13,14)2/h12-14,16H,3-11H2,1-2H3/t12-,13+,14+,16+,17-,18-/m1/s1. The van der Waals surface area contributed by atoms with Crippen molar-refractivity contribution >= 4 is 5.78 Å². The first-order valence-electron chi connectivity index (χ1n) is 8.69. The molecule has 0 N–H and O–H groups in total. The zero-order valence-corrected chi connectivity index (χ0v) is 13.0. The average molecular weight is 276 g/mol. The van der Waals surface area contributed by atoms with Crippen LogP contribution in [-0.2, 0) is 9.53 Å². The summed E-state index contributed by atoms with van der Waals surface area (Å²) in [5, 5.41) is 0. The number of carbonyl (C=O) groups is 1. The number of carbonyl (C=O) groups excluding carboxylic acids is 1. The third-order valence-electron chi connectivity index (χ3n) is 7.55. The zero-order valence-electron chi connectivity index (χ0n) is 13.0. The molecule has 0 bridgehead atoms. The van der Waals surface area contributed by atoms with Gasteiger partial charge in [0.2, 0.25) is 0 Å². The molecule has 0 aromatic heterocycles. The Labute approximate surface area is 122 Å². The number of hydrogen-bond acceptors (Lipinski definition) is 2. The summed E-state index contributed by atoms with van der Waals surface area (Å²) < 4.78 is 6.20. The van der Waals surface area contributed by atoms with Crippen LogP contribution in [-0.4, -0.2) is 18.5 Å². The Morgan fingerprint density at radius 1 is 1.10 bits per heavy atom. The normalized spacial score (nSPS) is 55.0. The number of hydrogen-bond donors (Lipinski definition) is 0. The van der Waals surface area contributed by atoms with E-state index in [4.69, 9.17) is 4.74 Å². The maximum absolute atomic E-state index is 12.4. The summed E-state index contributed by atoms with van der Waals surface area (Å²) in [6.07, 6.45) is 9.98. The molecule has 6 atom stereocenters. The number of ketones is 1. The molecule has 3 aliphatic carbocycles. The van der Waals surface area contributed by atoms with Gasteiger partial charge in [-0.2, -0.15) is 0 Å². The van der Waals surface area contributed by atoms with Gasteiger partial charge in [0.05, 0.1) is 6.10 Å². The van der Waals surface area contributed by atoms with Gasteiger partial charge in [-0.25, -0.2) is 0 Å². The SMILES string of the molecule is C[C@@]12CCO[C@H]1[C@@H]1CC[C@H]3C(=O)CCC[C@]3(C)[C@H]1CC2. The Bertz CT molecular complexity index is 431. The smallest absolute Gasteiger partial charge is 0.136 e. The van der Waals surface area contributed by atoms with Gasteiger partial charge in [-0.15, -0.1) is 0 Å². The van der Waals surface area contributed by atoms with Crippen LogP contribution in [0.3, 0.4) is 0 Å². The largest absolute Gasteiger partial charge is 0.377 e. The number of ether oxygens (including phenoxy) is 1. The molecule has 112 valence electrons. The highest BCUT2D eigenvalue weighted by Gasteiger charge is 2.59. The fourth-order valence-corrected chi connectivity index (χ4v) is 6.41. The van der Waals surface area contributed by atoms with Crippen molar-refractivity contribution in [2.24, 2.45) is 28.6 Å². The molecule has 1 aliphatic heterocycles. The molecule has 0 spiro atoms. The summed E-state index contributed by atoms with van der Waals surface area (Å²) in [5.41, 5.74) is 0.717. The first-order chi connectivity index (χ1) is 9.55. The van der Waals surface area contributed by atoms with Crippen LogP contribution in [0.1, 0.15) is 65.2 Å². The topological polar surface area (TPSA) is 26.3 Å². The Kier molecular flexibility index (Phi) is 2.87. The third kappa shape index (κ3) is 1.63. The van der Waals surface area contributed by atoms with Crippen molar-refractivity contribution in [3.05, 3.63) is 0 Å². The second-order valence-electron chi connectivity index (χ2n) is 8.46. The van der Waals surface area contributed by atoms with Gasteiger partial charge in [0.15, 0.2) is 0 Å². The highest BCUT2D eigenvalue weighted by molar-refractivity contribution is 5.82. The third-order valence-corrected chi connectivity index (χ3v) is 7.55. The van der Waals surface area contributed by atoms with Gasteiger partial charge in [0, 0.05) is 18.9 Å². The van der Waals surface area contributed by atoms with Crippen LogP contribution >= 0.6 is 0 Å². The minimum atomic E-state index is 0.283. The second-order valence-corrected chi connectivity index (χ2v) is 8.46. The summed E-state index contributed by atoms with van der Waals surface area (Å²) >= 11 is 0. The summed E-state index contributed by atoms with van der Waals surface area (Å²) in [4.78, 5) is 12.4. The molecule has 1 saturated heterocycles. The first-order valence-corrected chi connectivity index (χ1v) is 8.69. The van der Waals surface area contributed by atoms with Crippen molar-refractivity contribution < 1.29 is 9.53 Å². The van der Waals surface area contributed by atoms with Crippen molar-refractivity contribution in [2.45, 2.75) is 71.3 Å². The Morgan fingerprint density at radius 2 is 1.95 bits per heavy atom. The highest BCUT2D eigenvalue weighted by Crippen LogP contribution is 2.62. The zero-order chi connectivity index (χ0) is 14.0. The van der Waals surface area contributed by atoms with Crippen molar-refractivity contribution in [3.63, 3.8) is 0 Å². The summed E-state index contributed by atoms with van der Waals surface area (Å²) in [5.74, 6) is 2.39. The summed E-state index contributed by atoms with van der Waals surface area (Å²) in [6.45, 7) is 5.84. The maximum atomic E-state index is 12.4. The van der Waals surface area contributed by atoms with E-state index in [2.05, 4.69) is 13.8 Å². The second kappa shape index (κ2) is 4.32. The van der Waals surface area contributed by atoms with Crippen LogP contribution < -0.4 is 0 Å². The van der Waals surface area contributed by atoms with Gasteiger partial charge < -0.3 is 4.74 Å². The van der Waals surface area contributed by atoms with Crippen molar-refractivity contribution in [1.29, 1.82) is 0 Å². The van der Waals surface area contributed by atoms with E-state index in [1.165, 1.54) is 32.1 Å². The van der Waals surface area contributed by atoms with Crippen LogP contribution in [0.25, 0.3) is 0 Å². The molecule has 20 heavy (non-hydrogen) atoms. The van der Waals surface area contributed by atoms with E-state index in [1.807, 2.05) is 0 Å². The van der Waals surface area contributed by atoms with Crippen LogP contribution in [0, 0.1) is 28.6 Å². The molecule has 0 aromatic carbocycles. The van der Waals surface area contributed by atoms with Crippen LogP contribution in [0.5, 0.6) is 0 Å². The molecular weight excluding hydrogens is 248 g/mol. The molecule has 0 radical (unpaired) electrons. The van der Waals surface area contributed by atoms with Gasteiger partial charge in [0.1, 0.15) is 5.78 Å². The Balaban J connectivity index is 1.67. The van der Waals surface area contributed by atoms with E-state index in [0.717, 1.165) is 37.7 Å². The quantitative estimate of drug-likeness (QED) is 0.669. The lowest BCUT2D eigenvalue weighted by Crippen LogP contribution is -2.56. The van der Waals surface area contributed by atoms with Crippen molar-refractivity contribution in [2.75, 3.05) is 6.61 Å². The molecule has 2 heteroatoms. The molecule has 0 unspecified atom stereocenters. The summed E-state index contributed by atoms with van der Waals surface area (Å²) in [7, 11) is 0. The van der Waals surface area contributed by atoms with Crippen molar-refractivity contribution in [1.82, 2.24) is 0 Å². The minimum absolute atomic E-state index is 0.283. The van der Waals surface area contributed by atoms with Crippen LogP contribution in [0.2, 0.25) is 0 Å². The van der Waals surface area contributed by atoms with E-state index in [0.29, 0.717) is 23.2 Å². The number of fused-ring (bicyclic) bond motifs is 5. The number of Topliss-reactive ketones (excluding diaryl/α,β-unsaturated/α-hetero) is 1.